The molecule has 0 bridgehead atoms. The summed E-state index contributed by atoms with van der Waals surface area (Å²) in [5, 5.41) is 5.82. The van der Waals surface area contributed by atoms with Crippen molar-refractivity contribution in [1.82, 2.24) is 10.6 Å². The quantitative estimate of drug-likeness (QED) is 0.416. The molecule has 0 saturated carbocycles. The van der Waals surface area contributed by atoms with Gasteiger partial charge in [0.05, 0.1) is 23.5 Å². The summed E-state index contributed by atoms with van der Waals surface area (Å²) in [6, 6.07) is 0. The second-order valence-corrected chi connectivity index (χ2v) is 2.48. The minimum Gasteiger partial charge on any atom is -0.372 e. The number of hydrogen-bond acceptors (Lipinski definition) is 4. The topological polar surface area (TPSA) is 50.1 Å². The maximum Gasteiger partial charge on any atom is 0.164 e. The zero-order valence-corrected chi connectivity index (χ0v) is 10.1. The number of nitrogens with one attached hydrogen (secondary N) is 2. The molecule has 0 spiro atoms. The molecule has 0 fully saturated rings. The average molecular weight is 241 g/mol. The zero-order valence-electron chi connectivity index (χ0n) is 7.66. The van der Waals surface area contributed by atoms with Gasteiger partial charge < -0.3 is 16.4 Å². The van der Waals surface area contributed by atoms with Crippen molar-refractivity contribution in [3.63, 3.8) is 0 Å². The molecule has 0 aromatic rings. The number of thiocarbonyl (C=S) groups is 3. The number of rotatable bonds is 2. The fraction of sp³-hybridized carbons (Fsp3) is 0.600. The molecule has 0 aliphatic carbocycles. The van der Waals surface area contributed by atoms with E-state index in [0.717, 1.165) is 0 Å². The smallest absolute Gasteiger partial charge is 0.164 e. The van der Waals surface area contributed by atoms with Gasteiger partial charge in [-0.05, 0) is 56.0 Å². The van der Waals surface area contributed by atoms with E-state index in [1.807, 2.05) is 4.31 Å². The van der Waals surface area contributed by atoms with E-state index in [9.17, 15) is 0 Å². The van der Waals surface area contributed by atoms with Crippen LogP contribution in [0.3, 0.4) is 0 Å². The second kappa shape index (κ2) is 23.1. The van der Waals surface area contributed by atoms with Gasteiger partial charge in [0.1, 0.15) is 0 Å². The van der Waals surface area contributed by atoms with Gasteiger partial charge in [-0.3, -0.25) is 0 Å². The predicted molar refractivity (Wildman–Crippen MR) is 75.1 cm³/mol. The molecule has 0 saturated heterocycles. The Bertz CT molecular complexity index is 144. The summed E-state index contributed by atoms with van der Waals surface area (Å²) in [6.45, 7) is 0. The Kier molecular flexibility index (Phi) is 32.4. The van der Waals surface area contributed by atoms with Crippen molar-refractivity contribution in [2.45, 2.75) is 0 Å². The van der Waals surface area contributed by atoms with Crippen LogP contribution in [0.4, 0.5) is 0 Å². The van der Waals surface area contributed by atoms with E-state index in [1.165, 1.54) is 0 Å². The van der Waals surface area contributed by atoms with Crippen LogP contribution < -0.4 is 16.4 Å². The number of hydrogen-bond donors (Lipinski definition) is 3. The van der Waals surface area contributed by atoms with Crippen molar-refractivity contribution >= 4 is 69.6 Å². The minimum absolute atomic E-state index is 0.250. The molecule has 0 rings (SSSR count). The van der Waals surface area contributed by atoms with Crippen molar-refractivity contribution in [3.05, 3.63) is 0 Å². The molecule has 9 heteroatoms. The maximum atomic E-state index is 5.08. The van der Waals surface area contributed by atoms with E-state index in [1.54, 1.807) is 0 Å². The van der Waals surface area contributed by atoms with Crippen LogP contribution in [0.25, 0.3) is 0 Å². The maximum absolute atomic E-state index is 5.08. The van der Waals surface area contributed by atoms with E-state index < -0.39 is 0 Å². The average Bonchev–Trinajstić information content (AvgIpc) is 2.07. The Morgan fingerprint density at radius 3 is 1.50 bits per heavy atom. The van der Waals surface area contributed by atoms with Gasteiger partial charge in [0.15, 0.2) is 5.11 Å². The Labute approximate surface area is 105 Å². The Morgan fingerprint density at radius 1 is 1.14 bits per heavy atom. The predicted octanol–water partition coefficient (Wildman–Crippen LogP) is -1.21. The van der Waals surface area contributed by atoms with E-state index in [-0.39, 0.29) is 6.44 Å². The summed E-state index contributed by atoms with van der Waals surface area (Å²) in [6.07, 6.45) is 0.928. The minimum atomic E-state index is 0.250. The van der Waals surface area contributed by atoms with E-state index in [4.69, 9.17) is 15.7 Å². The molecule has 0 amide bonds. The summed E-state index contributed by atoms with van der Waals surface area (Å²) in [5.74, 6) is 0. The van der Waals surface area contributed by atoms with Crippen LogP contribution in [-0.4, -0.2) is 52.3 Å². The molecular formula is C5H10B3N3S3. The Hall–Kier alpha value is 0.0648. The third kappa shape index (κ3) is 40.2. The normalized spacial score (nSPS) is 6.36. The fourth-order valence-electron chi connectivity index (χ4n) is 0.248. The van der Waals surface area contributed by atoms with Crippen LogP contribution in [-0.2, 0) is 0 Å². The monoisotopic (exact) mass is 241 g/mol. The first-order valence-corrected chi connectivity index (χ1v) is 4.68. The highest BCUT2D eigenvalue weighted by Crippen LogP contribution is 1.59. The summed E-state index contributed by atoms with van der Waals surface area (Å²) in [4.78, 5) is 0. The standard InChI is InChI=1S/C3H6B2N2S.CH4BN.CS2/c4-1-6-3(8)7-2-5;2*2-1-3/h1-2H2,(H2,6,7,8);1,3H2;. The van der Waals surface area contributed by atoms with Crippen LogP contribution >= 0.6 is 36.7 Å². The third-order valence-electron chi connectivity index (χ3n) is 0.525. The van der Waals surface area contributed by atoms with Gasteiger partial charge in [-0.2, -0.15) is 0 Å². The fourth-order valence-corrected chi connectivity index (χ4v) is 0.415. The van der Waals surface area contributed by atoms with Gasteiger partial charge >= 0.3 is 0 Å². The molecule has 0 aromatic heterocycles. The van der Waals surface area contributed by atoms with Gasteiger partial charge in [-0.1, -0.05) is 0 Å². The summed E-state index contributed by atoms with van der Waals surface area (Å²) in [5.41, 5.74) is 4.62. The van der Waals surface area contributed by atoms with Crippen LogP contribution in [0, 0.1) is 0 Å². The summed E-state index contributed by atoms with van der Waals surface area (Å²) < 4.78 is 1.92. The van der Waals surface area contributed by atoms with Gasteiger partial charge in [0.2, 0.25) is 0 Å². The van der Waals surface area contributed by atoms with E-state index in [2.05, 4.69) is 60.9 Å². The molecule has 0 aliphatic heterocycles. The van der Waals surface area contributed by atoms with Gasteiger partial charge in [0, 0.05) is 4.31 Å². The molecule has 14 heavy (non-hydrogen) atoms. The first-order valence-electron chi connectivity index (χ1n) is 3.45. The van der Waals surface area contributed by atoms with E-state index >= 15 is 0 Å². The highest BCUT2D eigenvalue weighted by atomic mass is 32.1. The number of nitrogens with two attached hydrogens (primary N) is 1. The van der Waals surface area contributed by atoms with Crippen molar-refractivity contribution < 1.29 is 0 Å². The Balaban J connectivity index is -0.000000168. The summed E-state index contributed by atoms with van der Waals surface area (Å²) in [7, 11) is 14.8. The van der Waals surface area contributed by atoms with Crippen molar-refractivity contribution in [1.29, 1.82) is 0 Å². The van der Waals surface area contributed by atoms with Crippen LogP contribution in [0.5, 0.6) is 0 Å². The zero-order chi connectivity index (χ0) is 11.8. The molecule has 0 aromatic carbocycles. The van der Waals surface area contributed by atoms with E-state index in [0.29, 0.717) is 18.0 Å². The molecule has 0 atom stereocenters. The lowest BCUT2D eigenvalue weighted by molar-refractivity contribution is 1.01. The first kappa shape index (κ1) is 19.6. The van der Waals surface area contributed by atoms with Crippen molar-refractivity contribution in [2.75, 3.05) is 19.3 Å². The molecule has 6 radical (unpaired) electrons. The Morgan fingerprint density at radius 2 is 1.36 bits per heavy atom. The molecule has 3 nitrogen and oxygen atoms in total. The molecule has 0 unspecified atom stereocenters. The highest BCUT2D eigenvalue weighted by molar-refractivity contribution is 7.93. The SMILES string of the molecule is S=C=S.[B]CN.[B]CNC(=S)NC[B]. The molecule has 72 valence electrons. The van der Waals surface area contributed by atoms with Gasteiger partial charge in [-0.15, -0.1) is 0 Å². The largest absolute Gasteiger partial charge is 0.372 e. The van der Waals surface area contributed by atoms with Crippen molar-refractivity contribution in [2.24, 2.45) is 5.73 Å². The molecule has 4 N–H and O–H groups in total. The van der Waals surface area contributed by atoms with Crippen LogP contribution in [0.1, 0.15) is 0 Å². The lowest BCUT2D eigenvalue weighted by Gasteiger charge is -2.04. The van der Waals surface area contributed by atoms with Gasteiger partial charge in [-0.25, -0.2) is 0 Å². The van der Waals surface area contributed by atoms with Crippen LogP contribution in [0.15, 0.2) is 0 Å². The third-order valence-corrected chi connectivity index (χ3v) is 0.814. The lowest BCUT2D eigenvalue weighted by Crippen LogP contribution is -2.36. The van der Waals surface area contributed by atoms with Crippen molar-refractivity contribution in [3.8, 4) is 0 Å². The van der Waals surface area contributed by atoms with Gasteiger partial charge in [0.25, 0.3) is 0 Å². The highest BCUT2D eigenvalue weighted by Gasteiger charge is 1.84. The second-order valence-electron chi connectivity index (χ2n) is 1.41. The first-order chi connectivity index (χ1) is 6.64. The molecule has 0 aliphatic rings. The molecular weight excluding hydrogens is 231 g/mol. The molecule has 0 heterocycles. The van der Waals surface area contributed by atoms with Crippen LogP contribution in [0.2, 0.25) is 0 Å². The summed E-state index contributed by atoms with van der Waals surface area (Å²) >= 11 is 12.6. The lowest BCUT2D eigenvalue weighted by atomic mass is 10.1.